The number of carbonyl (C=O) groups is 2. The SMILES string of the molecule is CC/C=C\C/C=C\C/C=C\C/C=C\CCCCC(=O)OC(COC(=O)CCCCCCC/C=C\C/C=C\C/C=C\CC)COC1OC(COC2OC(CO)C(O)C(O)C2O)C(O)C(O)C1O. The van der Waals surface area contributed by atoms with Gasteiger partial charge >= 0.3 is 11.9 Å². The zero-order chi connectivity index (χ0) is 48.2. The molecular weight excluding hydrogens is 853 g/mol. The van der Waals surface area contributed by atoms with E-state index in [0.717, 1.165) is 89.9 Å². The van der Waals surface area contributed by atoms with Gasteiger partial charge in [-0.1, -0.05) is 118 Å². The normalized spacial score (nSPS) is 26.9. The number of hydrogen-bond donors (Lipinski definition) is 7. The highest BCUT2D eigenvalue weighted by molar-refractivity contribution is 5.70. The molecule has 2 aliphatic heterocycles. The van der Waals surface area contributed by atoms with Crippen LogP contribution in [0.15, 0.2) is 85.1 Å². The number of aliphatic hydroxyl groups is 7. The molecule has 0 saturated carbocycles. The topological polar surface area (TPSA) is 231 Å². The number of carbonyl (C=O) groups excluding carboxylic acids is 2. The van der Waals surface area contributed by atoms with Crippen LogP contribution < -0.4 is 0 Å². The highest BCUT2D eigenvalue weighted by atomic mass is 16.7. The third-order valence-electron chi connectivity index (χ3n) is 10.9. The number of allylic oxidation sites excluding steroid dienone is 14. The van der Waals surface area contributed by atoms with Gasteiger partial charge in [0.25, 0.3) is 0 Å². The number of rotatable bonds is 35. The number of unbranched alkanes of at least 4 members (excludes halogenated alkanes) is 7. The Bertz CT molecular complexity index is 1470. The molecule has 0 amide bonds. The standard InChI is InChI=1S/C51H82O15/c1-3-5-7-9-11-13-15-17-19-21-23-25-27-29-31-33-42(53)61-36-39(64-43(54)34-32-30-28-26-24-22-20-18-16-14-12-10-8-6-4-2)37-62-50-49(60)47(58)45(56)41(66-50)38-63-51-48(59)46(57)44(55)40(35-52)65-51/h5-8,11-14,17-20,24,26,39-41,44-52,55-60H,3-4,9-10,15-16,21-23,25,27-38H2,1-2H3/b7-5-,8-6-,13-11-,14-12-,19-17-,20-18-,26-24-. The van der Waals surface area contributed by atoms with Gasteiger partial charge in [0.1, 0.15) is 55.4 Å². The number of hydrogen-bond acceptors (Lipinski definition) is 15. The Morgan fingerprint density at radius 3 is 1.45 bits per heavy atom. The summed E-state index contributed by atoms with van der Waals surface area (Å²) in [4.78, 5) is 25.7. The fourth-order valence-electron chi connectivity index (χ4n) is 6.93. The van der Waals surface area contributed by atoms with E-state index in [1.165, 1.54) is 0 Å². The molecule has 376 valence electrons. The molecule has 2 rings (SSSR count). The van der Waals surface area contributed by atoms with Gasteiger partial charge in [-0.2, -0.15) is 0 Å². The molecule has 15 nitrogen and oxygen atoms in total. The lowest BCUT2D eigenvalue weighted by atomic mass is 9.98. The molecule has 2 heterocycles. The maximum Gasteiger partial charge on any atom is 0.306 e. The summed E-state index contributed by atoms with van der Waals surface area (Å²) in [5.74, 6) is -1.00. The van der Waals surface area contributed by atoms with Gasteiger partial charge < -0.3 is 64.2 Å². The van der Waals surface area contributed by atoms with Crippen molar-refractivity contribution in [3.8, 4) is 0 Å². The van der Waals surface area contributed by atoms with Gasteiger partial charge in [-0.15, -0.1) is 0 Å². The van der Waals surface area contributed by atoms with Crippen molar-refractivity contribution in [2.75, 3.05) is 26.4 Å². The van der Waals surface area contributed by atoms with Crippen LogP contribution in [-0.4, -0.2) is 142 Å². The summed E-state index contributed by atoms with van der Waals surface area (Å²) in [5.41, 5.74) is 0. The van der Waals surface area contributed by atoms with Gasteiger partial charge in [-0.05, 0) is 83.5 Å². The first-order valence-corrected chi connectivity index (χ1v) is 24.2. The summed E-state index contributed by atoms with van der Waals surface area (Å²) < 4.78 is 33.4. The van der Waals surface area contributed by atoms with Gasteiger partial charge in [0, 0.05) is 12.8 Å². The average molecular weight is 935 g/mol. The van der Waals surface area contributed by atoms with Crippen LogP contribution in [0.2, 0.25) is 0 Å². The van der Waals surface area contributed by atoms with E-state index in [-0.39, 0.29) is 19.4 Å². The number of esters is 2. The Labute approximate surface area is 393 Å². The largest absolute Gasteiger partial charge is 0.462 e. The molecule has 0 aromatic rings. The Balaban J connectivity index is 1.86. The number of ether oxygens (including phenoxy) is 6. The molecule has 0 radical (unpaired) electrons. The molecule has 0 aromatic heterocycles. The van der Waals surface area contributed by atoms with E-state index in [1.54, 1.807) is 0 Å². The molecule has 0 spiro atoms. The van der Waals surface area contributed by atoms with Crippen LogP contribution in [0.25, 0.3) is 0 Å². The molecule has 0 bridgehead atoms. The lowest BCUT2D eigenvalue weighted by Gasteiger charge is -2.42. The summed E-state index contributed by atoms with van der Waals surface area (Å²) >= 11 is 0. The highest BCUT2D eigenvalue weighted by Crippen LogP contribution is 2.26. The molecule has 2 fully saturated rings. The van der Waals surface area contributed by atoms with Crippen molar-refractivity contribution in [1.82, 2.24) is 0 Å². The molecule has 11 atom stereocenters. The molecule has 15 heteroatoms. The maximum atomic E-state index is 13.0. The van der Waals surface area contributed by atoms with Crippen LogP contribution in [0.1, 0.15) is 129 Å². The van der Waals surface area contributed by atoms with E-state index in [2.05, 4.69) is 98.9 Å². The smallest absolute Gasteiger partial charge is 0.306 e. The third-order valence-corrected chi connectivity index (χ3v) is 10.9. The minimum absolute atomic E-state index is 0.104. The second-order valence-corrected chi connectivity index (χ2v) is 16.5. The lowest BCUT2D eigenvalue weighted by molar-refractivity contribution is -0.332. The van der Waals surface area contributed by atoms with Crippen LogP contribution in [0.5, 0.6) is 0 Å². The molecule has 2 saturated heterocycles. The van der Waals surface area contributed by atoms with Gasteiger partial charge in [-0.25, -0.2) is 0 Å². The summed E-state index contributed by atoms with van der Waals surface area (Å²) in [6.07, 6.45) is 27.6. The molecule has 0 aromatic carbocycles. The zero-order valence-corrected chi connectivity index (χ0v) is 39.4. The van der Waals surface area contributed by atoms with Gasteiger partial charge in [-0.3, -0.25) is 9.59 Å². The first-order valence-electron chi connectivity index (χ1n) is 24.2. The Morgan fingerprint density at radius 1 is 0.485 bits per heavy atom. The maximum absolute atomic E-state index is 13.0. The van der Waals surface area contributed by atoms with Crippen LogP contribution in [0, 0.1) is 0 Å². The summed E-state index contributed by atoms with van der Waals surface area (Å²) in [5, 5.41) is 72.0. The van der Waals surface area contributed by atoms with Crippen LogP contribution in [0.4, 0.5) is 0 Å². The molecule has 7 N–H and O–H groups in total. The second-order valence-electron chi connectivity index (χ2n) is 16.5. The zero-order valence-electron chi connectivity index (χ0n) is 39.4. The summed E-state index contributed by atoms with van der Waals surface area (Å²) in [7, 11) is 0. The fraction of sp³-hybridized carbons (Fsp3) is 0.686. The van der Waals surface area contributed by atoms with Crippen LogP contribution in [0.3, 0.4) is 0 Å². The van der Waals surface area contributed by atoms with Crippen molar-refractivity contribution < 1.29 is 73.8 Å². The van der Waals surface area contributed by atoms with Crippen molar-refractivity contribution in [3.05, 3.63) is 85.1 Å². The van der Waals surface area contributed by atoms with E-state index in [1.807, 2.05) is 0 Å². The first kappa shape index (κ1) is 58.8. The average Bonchev–Trinajstić information content (AvgIpc) is 3.31. The van der Waals surface area contributed by atoms with Gasteiger partial charge in [0.2, 0.25) is 0 Å². The predicted octanol–water partition coefficient (Wildman–Crippen LogP) is 6.04. The van der Waals surface area contributed by atoms with Gasteiger partial charge in [0.15, 0.2) is 18.7 Å². The molecule has 11 unspecified atom stereocenters. The highest BCUT2D eigenvalue weighted by Gasteiger charge is 2.47. The second kappa shape index (κ2) is 37.6. The Hall–Kier alpha value is -3.32. The van der Waals surface area contributed by atoms with Crippen molar-refractivity contribution in [2.45, 2.75) is 197 Å². The van der Waals surface area contributed by atoms with E-state index in [4.69, 9.17) is 28.4 Å². The molecule has 0 aliphatic carbocycles. The fourth-order valence-corrected chi connectivity index (χ4v) is 6.93. The van der Waals surface area contributed by atoms with E-state index >= 15 is 0 Å². The van der Waals surface area contributed by atoms with Crippen molar-refractivity contribution in [1.29, 1.82) is 0 Å². The predicted molar refractivity (Wildman–Crippen MR) is 252 cm³/mol. The molecule has 2 aliphatic rings. The van der Waals surface area contributed by atoms with Crippen molar-refractivity contribution in [2.24, 2.45) is 0 Å². The van der Waals surface area contributed by atoms with E-state index in [0.29, 0.717) is 12.8 Å². The monoisotopic (exact) mass is 935 g/mol. The first-order chi connectivity index (χ1) is 32.0. The quantitative estimate of drug-likeness (QED) is 0.0218. The van der Waals surface area contributed by atoms with Gasteiger partial charge in [0.05, 0.1) is 19.8 Å². The Morgan fingerprint density at radius 2 is 0.909 bits per heavy atom. The third kappa shape index (κ3) is 25.7. The number of aliphatic hydroxyl groups excluding tert-OH is 7. The summed E-state index contributed by atoms with van der Waals surface area (Å²) in [6, 6.07) is 0. The van der Waals surface area contributed by atoms with Crippen molar-refractivity contribution >= 4 is 11.9 Å². The molecule has 66 heavy (non-hydrogen) atoms. The lowest BCUT2D eigenvalue weighted by Crippen LogP contribution is -2.61. The van der Waals surface area contributed by atoms with E-state index in [9.17, 15) is 45.3 Å². The Kier molecular flexibility index (Phi) is 33.5. The summed E-state index contributed by atoms with van der Waals surface area (Å²) in [6.45, 7) is 2.26. The minimum atomic E-state index is -1.78. The van der Waals surface area contributed by atoms with Crippen molar-refractivity contribution in [3.63, 3.8) is 0 Å². The van der Waals surface area contributed by atoms with Crippen LogP contribution >= 0.6 is 0 Å². The minimum Gasteiger partial charge on any atom is -0.462 e. The van der Waals surface area contributed by atoms with Crippen LogP contribution in [-0.2, 0) is 38.0 Å². The van der Waals surface area contributed by atoms with E-state index < -0.39 is 99.3 Å². The molecular formula is C51H82O15.